The molecule has 74 valence electrons. The number of rotatable bonds is 0. The van der Waals surface area contributed by atoms with Crippen LogP contribution in [-0.2, 0) is 9.53 Å². The van der Waals surface area contributed by atoms with Gasteiger partial charge in [-0.15, -0.1) is 11.6 Å². The number of alkyl halides is 3. The zero-order valence-electron chi connectivity index (χ0n) is 6.60. The van der Waals surface area contributed by atoms with Gasteiger partial charge in [-0.1, -0.05) is 23.2 Å². The molecule has 2 fully saturated rings. The first kappa shape index (κ1) is 9.84. The van der Waals surface area contributed by atoms with Crippen LogP contribution in [0.15, 0.2) is 0 Å². The van der Waals surface area contributed by atoms with Crippen LogP contribution < -0.4 is 5.32 Å². The minimum absolute atomic E-state index is 0.154. The first-order valence-corrected chi connectivity index (χ1v) is 5.13. The lowest BCUT2D eigenvalue weighted by molar-refractivity contribution is -0.120. The van der Waals surface area contributed by atoms with Crippen molar-refractivity contribution >= 4 is 40.7 Å². The van der Waals surface area contributed by atoms with E-state index in [1.165, 1.54) is 0 Å². The normalized spacial score (nSPS) is 42.7. The number of hydrogen-bond acceptors (Lipinski definition) is 2. The van der Waals surface area contributed by atoms with E-state index in [0.29, 0.717) is 13.2 Å². The Kier molecular flexibility index (Phi) is 2.39. The van der Waals surface area contributed by atoms with Gasteiger partial charge in [0.05, 0.1) is 24.6 Å². The van der Waals surface area contributed by atoms with Crippen LogP contribution in [0.1, 0.15) is 0 Å². The average molecular weight is 245 g/mol. The number of ether oxygens (including phenoxy) is 1. The number of hydrogen-bond donors (Lipinski definition) is 1. The Balaban J connectivity index is 2.28. The van der Waals surface area contributed by atoms with E-state index >= 15 is 0 Å². The van der Waals surface area contributed by atoms with Gasteiger partial charge in [0.1, 0.15) is 0 Å². The molecule has 6 heteroatoms. The molecule has 3 atom stereocenters. The van der Waals surface area contributed by atoms with E-state index < -0.39 is 4.33 Å². The molecule has 0 aromatic rings. The maximum Gasteiger partial charge on any atom is 0.257 e. The van der Waals surface area contributed by atoms with Gasteiger partial charge in [-0.25, -0.2) is 0 Å². The summed E-state index contributed by atoms with van der Waals surface area (Å²) in [5, 5.41) is 2.35. The molecule has 1 N–H and O–H groups in total. The molecule has 1 amide bonds. The maximum atomic E-state index is 11.3. The second kappa shape index (κ2) is 3.16. The molecule has 0 aromatic heterocycles. The van der Waals surface area contributed by atoms with E-state index in [2.05, 4.69) is 5.32 Å². The molecule has 0 unspecified atom stereocenters. The summed E-state index contributed by atoms with van der Waals surface area (Å²) in [7, 11) is 0. The topological polar surface area (TPSA) is 38.3 Å². The van der Waals surface area contributed by atoms with Crippen LogP contribution in [0.5, 0.6) is 0 Å². The summed E-state index contributed by atoms with van der Waals surface area (Å²) in [6, 6.07) is -0.154. The number of fused-ring (bicyclic) bond motifs is 1. The molecule has 13 heavy (non-hydrogen) atoms. The van der Waals surface area contributed by atoms with Crippen molar-refractivity contribution in [2.75, 3.05) is 13.2 Å². The largest absolute Gasteiger partial charge is 0.378 e. The highest BCUT2D eigenvalue weighted by molar-refractivity contribution is 6.59. The highest BCUT2D eigenvalue weighted by Gasteiger charge is 2.57. The second-order valence-electron chi connectivity index (χ2n) is 3.28. The fourth-order valence-corrected chi connectivity index (χ4v) is 3.09. The van der Waals surface area contributed by atoms with Crippen molar-refractivity contribution in [3.05, 3.63) is 0 Å². The highest BCUT2D eigenvalue weighted by Crippen LogP contribution is 2.43. The smallest absolute Gasteiger partial charge is 0.257 e. The van der Waals surface area contributed by atoms with Crippen LogP contribution in [-0.4, -0.2) is 34.9 Å². The molecule has 0 bridgehead atoms. The fourth-order valence-electron chi connectivity index (χ4n) is 1.79. The van der Waals surface area contributed by atoms with Crippen LogP contribution in [0.4, 0.5) is 0 Å². The van der Waals surface area contributed by atoms with Crippen molar-refractivity contribution in [3.63, 3.8) is 0 Å². The van der Waals surface area contributed by atoms with Crippen LogP contribution in [0, 0.1) is 5.92 Å². The monoisotopic (exact) mass is 243 g/mol. The quantitative estimate of drug-likeness (QED) is 0.644. The van der Waals surface area contributed by atoms with E-state index in [4.69, 9.17) is 39.5 Å². The van der Waals surface area contributed by atoms with Crippen molar-refractivity contribution < 1.29 is 9.53 Å². The fraction of sp³-hybridized carbons (Fsp3) is 0.857. The van der Waals surface area contributed by atoms with Crippen LogP contribution in [0.3, 0.4) is 0 Å². The van der Waals surface area contributed by atoms with Gasteiger partial charge in [-0.3, -0.25) is 4.79 Å². The summed E-state index contributed by atoms with van der Waals surface area (Å²) in [5.41, 5.74) is 0. The summed E-state index contributed by atoms with van der Waals surface area (Å²) in [6.07, 6.45) is 0. The van der Waals surface area contributed by atoms with E-state index in [-0.39, 0.29) is 23.2 Å². The zero-order valence-corrected chi connectivity index (χ0v) is 8.86. The molecule has 0 saturated carbocycles. The Labute approximate surface area is 90.7 Å². The van der Waals surface area contributed by atoms with Gasteiger partial charge in [0.25, 0.3) is 5.91 Å². The van der Waals surface area contributed by atoms with E-state index in [1.807, 2.05) is 0 Å². The molecular weight excluding hydrogens is 236 g/mol. The number of carbonyl (C=O) groups excluding carboxylic acids is 1. The van der Waals surface area contributed by atoms with Gasteiger partial charge in [0, 0.05) is 5.92 Å². The lowest BCUT2D eigenvalue weighted by Crippen LogP contribution is -2.46. The summed E-state index contributed by atoms with van der Waals surface area (Å²) < 4.78 is 3.77. The standard InChI is InChI=1S/C7H8Cl3NO2/c8-3-1-13-2-4-5(3)7(9,10)6(12)11-4/h3-5H,1-2H2,(H,11,12)/t3-,4+,5+/m0/s1. The molecule has 0 aromatic carbocycles. The Bertz CT molecular complexity index is 246. The van der Waals surface area contributed by atoms with Gasteiger partial charge in [0.15, 0.2) is 0 Å². The van der Waals surface area contributed by atoms with Gasteiger partial charge < -0.3 is 10.1 Å². The summed E-state index contributed by atoms with van der Waals surface area (Å²) in [4.78, 5) is 11.3. The van der Waals surface area contributed by atoms with Gasteiger partial charge in [-0.05, 0) is 0 Å². The maximum absolute atomic E-state index is 11.3. The van der Waals surface area contributed by atoms with E-state index in [1.54, 1.807) is 0 Å². The predicted octanol–water partition coefficient (Wildman–Crippen LogP) is 0.912. The van der Waals surface area contributed by atoms with Crippen molar-refractivity contribution in [3.8, 4) is 0 Å². The Hall–Kier alpha value is 0.300. The predicted molar refractivity (Wildman–Crippen MR) is 50.3 cm³/mol. The van der Waals surface area contributed by atoms with Crippen molar-refractivity contribution in [2.45, 2.75) is 15.8 Å². The Morgan fingerprint density at radius 1 is 1.46 bits per heavy atom. The average Bonchev–Trinajstić information content (AvgIpc) is 2.24. The molecule has 3 nitrogen and oxygen atoms in total. The first-order chi connectivity index (χ1) is 6.03. The molecule has 0 spiro atoms. The molecule has 0 radical (unpaired) electrons. The highest BCUT2D eigenvalue weighted by atomic mass is 35.5. The molecule has 2 aliphatic rings. The van der Waals surface area contributed by atoms with Gasteiger partial charge >= 0.3 is 0 Å². The third kappa shape index (κ3) is 1.42. The number of nitrogens with one attached hydrogen (secondary N) is 1. The SMILES string of the molecule is O=C1N[C@@H]2COC[C@H](Cl)[C@H]2C1(Cl)Cl. The molecule has 0 aliphatic carbocycles. The minimum Gasteiger partial charge on any atom is -0.378 e. The van der Waals surface area contributed by atoms with Crippen LogP contribution in [0.2, 0.25) is 0 Å². The van der Waals surface area contributed by atoms with Gasteiger partial charge in [-0.2, -0.15) is 0 Å². The Morgan fingerprint density at radius 2 is 2.15 bits per heavy atom. The van der Waals surface area contributed by atoms with Crippen molar-refractivity contribution in [1.29, 1.82) is 0 Å². The lowest BCUT2D eigenvalue weighted by atomic mass is 9.94. The van der Waals surface area contributed by atoms with Gasteiger partial charge in [0.2, 0.25) is 4.33 Å². The number of amides is 1. The van der Waals surface area contributed by atoms with E-state index in [9.17, 15) is 4.79 Å². The third-order valence-electron chi connectivity index (χ3n) is 2.44. The van der Waals surface area contributed by atoms with Crippen molar-refractivity contribution in [1.82, 2.24) is 5.32 Å². The first-order valence-electron chi connectivity index (χ1n) is 3.94. The molecule has 2 heterocycles. The molecule has 2 saturated heterocycles. The lowest BCUT2D eigenvalue weighted by Gasteiger charge is -2.32. The van der Waals surface area contributed by atoms with Crippen LogP contribution in [0.25, 0.3) is 0 Å². The molecule has 2 aliphatic heterocycles. The second-order valence-corrected chi connectivity index (χ2v) is 5.23. The number of carbonyl (C=O) groups is 1. The summed E-state index contributed by atoms with van der Waals surface area (Å²) in [6.45, 7) is 0.819. The van der Waals surface area contributed by atoms with E-state index in [0.717, 1.165) is 0 Å². The van der Waals surface area contributed by atoms with Crippen molar-refractivity contribution in [2.24, 2.45) is 5.92 Å². The third-order valence-corrected chi connectivity index (χ3v) is 3.68. The zero-order chi connectivity index (χ0) is 9.64. The summed E-state index contributed by atoms with van der Waals surface area (Å²) >= 11 is 17.8. The Morgan fingerprint density at radius 3 is 2.77 bits per heavy atom. The molecular formula is C7H8Cl3NO2. The number of halogens is 3. The summed E-state index contributed by atoms with van der Waals surface area (Å²) in [5.74, 6) is -0.638. The molecule has 2 rings (SSSR count). The van der Waals surface area contributed by atoms with Crippen LogP contribution >= 0.6 is 34.8 Å². The minimum atomic E-state index is -1.40.